The van der Waals surface area contributed by atoms with Crippen LogP contribution in [0, 0.1) is 5.92 Å². The highest BCUT2D eigenvalue weighted by molar-refractivity contribution is 7.09. The zero-order chi connectivity index (χ0) is 15.2. The van der Waals surface area contributed by atoms with Gasteiger partial charge in [0.15, 0.2) is 0 Å². The summed E-state index contributed by atoms with van der Waals surface area (Å²) in [5.74, 6) is -0.0894. The molecule has 1 aliphatic carbocycles. The van der Waals surface area contributed by atoms with Crippen molar-refractivity contribution in [2.45, 2.75) is 38.3 Å². The molecule has 1 fully saturated rings. The Morgan fingerprint density at radius 2 is 2.14 bits per heavy atom. The van der Waals surface area contributed by atoms with Crippen LogP contribution in [0.5, 0.6) is 0 Å². The van der Waals surface area contributed by atoms with E-state index in [2.05, 4.69) is 15.6 Å². The lowest BCUT2D eigenvalue weighted by molar-refractivity contribution is 0.0996. The summed E-state index contributed by atoms with van der Waals surface area (Å²) in [5, 5.41) is 7.87. The maximum absolute atomic E-state index is 11.9. The fourth-order valence-electron chi connectivity index (χ4n) is 2.61. The number of hydrogen-bond acceptors (Lipinski definition) is 5. The Balaban J connectivity index is 1.79. The largest absolute Gasteiger partial charge is 0.364 e. The Hall–Kier alpha value is -1.67. The molecule has 1 aliphatic rings. The molecule has 0 spiro atoms. The molecule has 116 valence electrons. The number of primary amides is 1. The SMILES string of the molecule is NCC(NC(=O)NCc1nc(C(N)=O)cs1)C1CCCC1. The fraction of sp³-hybridized carbons (Fsp3) is 0.615. The summed E-state index contributed by atoms with van der Waals surface area (Å²) in [4.78, 5) is 26.9. The third-order valence-electron chi connectivity index (χ3n) is 3.74. The van der Waals surface area contributed by atoms with E-state index in [9.17, 15) is 9.59 Å². The molecular formula is C13H21N5O2S. The van der Waals surface area contributed by atoms with Crippen LogP contribution < -0.4 is 22.1 Å². The van der Waals surface area contributed by atoms with Crippen molar-refractivity contribution < 1.29 is 9.59 Å². The van der Waals surface area contributed by atoms with Gasteiger partial charge in [0.1, 0.15) is 10.7 Å². The molecule has 8 heteroatoms. The van der Waals surface area contributed by atoms with Crippen LogP contribution in [0.4, 0.5) is 4.79 Å². The number of carbonyl (C=O) groups excluding carboxylic acids is 2. The van der Waals surface area contributed by atoms with Gasteiger partial charge in [-0.25, -0.2) is 9.78 Å². The van der Waals surface area contributed by atoms with Gasteiger partial charge in [0.05, 0.1) is 6.54 Å². The van der Waals surface area contributed by atoms with Crippen molar-refractivity contribution in [1.29, 1.82) is 0 Å². The molecule has 0 bridgehead atoms. The summed E-state index contributed by atoms with van der Waals surface area (Å²) in [6.07, 6.45) is 4.66. The molecule has 1 heterocycles. The lowest BCUT2D eigenvalue weighted by Crippen LogP contribution is -2.48. The summed E-state index contributed by atoms with van der Waals surface area (Å²) in [5.41, 5.74) is 11.1. The molecule has 2 rings (SSSR count). The molecule has 0 aliphatic heterocycles. The number of thiazole rings is 1. The van der Waals surface area contributed by atoms with Crippen LogP contribution in [-0.2, 0) is 6.54 Å². The van der Waals surface area contributed by atoms with Crippen molar-refractivity contribution in [2.75, 3.05) is 6.54 Å². The predicted molar refractivity (Wildman–Crippen MR) is 80.8 cm³/mol. The van der Waals surface area contributed by atoms with Crippen LogP contribution in [-0.4, -0.2) is 29.5 Å². The zero-order valence-corrected chi connectivity index (χ0v) is 12.6. The van der Waals surface area contributed by atoms with Crippen LogP contribution in [0.2, 0.25) is 0 Å². The monoisotopic (exact) mass is 311 g/mol. The molecule has 1 atom stereocenters. The maximum atomic E-state index is 11.9. The standard InChI is InChI=1S/C13H21N5O2S/c14-5-9(8-3-1-2-4-8)18-13(20)16-6-11-17-10(7-21-11)12(15)19/h7-9H,1-6,14H2,(H2,15,19)(H2,16,18,20). The normalized spacial score (nSPS) is 16.6. The highest BCUT2D eigenvalue weighted by Crippen LogP contribution is 2.27. The minimum Gasteiger partial charge on any atom is -0.364 e. The third kappa shape index (κ3) is 4.40. The Kier molecular flexibility index (Phi) is 5.51. The maximum Gasteiger partial charge on any atom is 0.315 e. The Morgan fingerprint density at radius 1 is 1.43 bits per heavy atom. The van der Waals surface area contributed by atoms with Gasteiger partial charge in [-0.3, -0.25) is 4.79 Å². The van der Waals surface area contributed by atoms with Gasteiger partial charge in [-0.2, -0.15) is 0 Å². The Morgan fingerprint density at radius 3 is 2.71 bits per heavy atom. The Labute approximate surface area is 127 Å². The summed E-state index contributed by atoms with van der Waals surface area (Å²) >= 11 is 1.29. The number of carbonyl (C=O) groups is 2. The van der Waals surface area contributed by atoms with Crippen LogP contribution in [0.3, 0.4) is 0 Å². The first kappa shape index (κ1) is 15.7. The average molecular weight is 311 g/mol. The van der Waals surface area contributed by atoms with E-state index in [1.165, 1.54) is 24.2 Å². The van der Waals surface area contributed by atoms with Gasteiger partial charge >= 0.3 is 6.03 Å². The molecule has 21 heavy (non-hydrogen) atoms. The van der Waals surface area contributed by atoms with E-state index in [0.717, 1.165) is 12.8 Å². The van der Waals surface area contributed by atoms with Crippen LogP contribution in [0.25, 0.3) is 0 Å². The second-order valence-corrected chi connectivity index (χ2v) is 6.15. The summed E-state index contributed by atoms with van der Waals surface area (Å²) < 4.78 is 0. The van der Waals surface area contributed by atoms with Crippen molar-refractivity contribution in [3.05, 3.63) is 16.1 Å². The Bertz CT molecular complexity index is 499. The van der Waals surface area contributed by atoms with Crippen molar-refractivity contribution in [1.82, 2.24) is 15.6 Å². The van der Waals surface area contributed by atoms with Gasteiger partial charge in [-0.15, -0.1) is 11.3 Å². The van der Waals surface area contributed by atoms with E-state index in [1.54, 1.807) is 5.38 Å². The van der Waals surface area contributed by atoms with E-state index in [-0.39, 0.29) is 24.3 Å². The molecule has 1 aromatic heterocycles. The molecule has 1 aromatic rings. The highest BCUT2D eigenvalue weighted by atomic mass is 32.1. The second-order valence-electron chi connectivity index (χ2n) is 5.20. The molecule has 0 saturated heterocycles. The van der Waals surface area contributed by atoms with E-state index in [0.29, 0.717) is 17.5 Å². The molecular weight excluding hydrogens is 290 g/mol. The van der Waals surface area contributed by atoms with Crippen molar-refractivity contribution in [3.8, 4) is 0 Å². The van der Waals surface area contributed by atoms with E-state index in [4.69, 9.17) is 11.5 Å². The number of aromatic nitrogens is 1. The fourth-order valence-corrected chi connectivity index (χ4v) is 3.33. The smallest absolute Gasteiger partial charge is 0.315 e. The molecule has 1 saturated carbocycles. The predicted octanol–water partition coefficient (Wildman–Crippen LogP) is 0.559. The van der Waals surface area contributed by atoms with E-state index >= 15 is 0 Å². The lowest BCUT2D eigenvalue weighted by Gasteiger charge is -2.23. The minimum atomic E-state index is -0.564. The van der Waals surface area contributed by atoms with Crippen LogP contribution >= 0.6 is 11.3 Å². The van der Waals surface area contributed by atoms with E-state index in [1.807, 2.05) is 0 Å². The van der Waals surface area contributed by atoms with Crippen LogP contribution in [0.15, 0.2) is 5.38 Å². The van der Waals surface area contributed by atoms with Crippen molar-refractivity contribution >= 4 is 23.3 Å². The van der Waals surface area contributed by atoms with Gasteiger partial charge in [0.25, 0.3) is 5.91 Å². The van der Waals surface area contributed by atoms with Crippen molar-refractivity contribution in [2.24, 2.45) is 17.4 Å². The summed E-state index contributed by atoms with van der Waals surface area (Å²) in [6.45, 7) is 0.715. The van der Waals surface area contributed by atoms with E-state index < -0.39 is 5.91 Å². The molecule has 0 radical (unpaired) electrons. The molecule has 7 nitrogen and oxygen atoms in total. The average Bonchev–Trinajstić information content (AvgIpc) is 3.13. The molecule has 0 aromatic carbocycles. The summed E-state index contributed by atoms with van der Waals surface area (Å²) in [6, 6.07) is -0.238. The number of hydrogen-bond donors (Lipinski definition) is 4. The molecule has 6 N–H and O–H groups in total. The number of rotatable bonds is 6. The number of nitrogens with two attached hydrogens (primary N) is 2. The van der Waals surface area contributed by atoms with Crippen LogP contribution in [0.1, 0.15) is 41.2 Å². The van der Waals surface area contributed by atoms with Gasteiger partial charge < -0.3 is 22.1 Å². The second kappa shape index (κ2) is 7.37. The van der Waals surface area contributed by atoms with Crippen molar-refractivity contribution in [3.63, 3.8) is 0 Å². The van der Waals surface area contributed by atoms with Gasteiger partial charge in [0, 0.05) is 18.0 Å². The first-order valence-electron chi connectivity index (χ1n) is 7.08. The van der Waals surface area contributed by atoms with Gasteiger partial charge in [0.2, 0.25) is 0 Å². The third-order valence-corrected chi connectivity index (χ3v) is 4.59. The highest BCUT2D eigenvalue weighted by Gasteiger charge is 2.25. The van der Waals surface area contributed by atoms with Gasteiger partial charge in [-0.1, -0.05) is 12.8 Å². The molecule has 3 amide bonds. The minimum absolute atomic E-state index is 0.0185. The summed E-state index contributed by atoms with van der Waals surface area (Å²) in [7, 11) is 0. The number of nitrogens with zero attached hydrogens (tertiary/aromatic N) is 1. The number of urea groups is 1. The topological polar surface area (TPSA) is 123 Å². The number of nitrogens with one attached hydrogen (secondary N) is 2. The first-order valence-corrected chi connectivity index (χ1v) is 7.96. The quantitative estimate of drug-likeness (QED) is 0.613. The lowest BCUT2D eigenvalue weighted by atomic mass is 9.98. The first-order chi connectivity index (χ1) is 10.1. The van der Waals surface area contributed by atoms with Gasteiger partial charge in [-0.05, 0) is 18.8 Å². The zero-order valence-electron chi connectivity index (χ0n) is 11.8. The number of amides is 3. The molecule has 1 unspecified atom stereocenters.